The van der Waals surface area contributed by atoms with E-state index < -0.39 is 23.6 Å². The van der Waals surface area contributed by atoms with Crippen LogP contribution < -0.4 is 10.2 Å². The zero-order valence-corrected chi connectivity index (χ0v) is 21.4. The highest BCUT2D eigenvalue weighted by atomic mass is 35.5. The van der Waals surface area contributed by atoms with Crippen molar-refractivity contribution in [1.82, 2.24) is 4.90 Å². The number of hydrogen-bond donors (Lipinski definition) is 1. The number of anilines is 2. The third-order valence-corrected chi connectivity index (χ3v) is 7.38. The van der Waals surface area contributed by atoms with Gasteiger partial charge < -0.3 is 10.2 Å². The average Bonchev–Trinajstić information content (AvgIpc) is 3.00. The second kappa shape index (κ2) is 9.13. The molecule has 0 aliphatic carbocycles. The molecular weight excluding hydrogens is 493 g/mol. The van der Waals surface area contributed by atoms with E-state index in [9.17, 15) is 14.4 Å². The van der Waals surface area contributed by atoms with Gasteiger partial charge in [-0.1, -0.05) is 35.3 Å². The Morgan fingerprint density at radius 3 is 2.62 bits per heavy atom. The van der Waals surface area contributed by atoms with Gasteiger partial charge >= 0.3 is 0 Å². The number of halogens is 2. The predicted molar refractivity (Wildman–Crippen MR) is 140 cm³/mol. The molecule has 2 aromatic carbocycles. The molecule has 0 unspecified atom stereocenters. The molecule has 34 heavy (non-hydrogen) atoms. The maximum absolute atomic E-state index is 12.9. The van der Waals surface area contributed by atoms with E-state index in [-0.39, 0.29) is 10.4 Å². The highest BCUT2D eigenvalue weighted by Crippen LogP contribution is 2.42. The molecule has 2 heterocycles. The summed E-state index contributed by atoms with van der Waals surface area (Å²) in [7, 11) is 2.01. The fraction of sp³-hybridized carbons (Fsp3) is 0.240. The second-order valence-electron chi connectivity index (χ2n) is 8.76. The van der Waals surface area contributed by atoms with E-state index >= 15 is 0 Å². The van der Waals surface area contributed by atoms with Crippen LogP contribution in [0.15, 0.2) is 47.4 Å². The molecule has 1 fully saturated rings. The van der Waals surface area contributed by atoms with E-state index in [4.69, 9.17) is 23.2 Å². The Labute approximate surface area is 212 Å². The molecule has 0 bridgehead atoms. The summed E-state index contributed by atoms with van der Waals surface area (Å²) >= 11 is 13.3. The number of benzene rings is 2. The Hall–Kier alpha value is -2.74. The minimum Gasteiger partial charge on any atom is -0.365 e. The molecule has 2 aliphatic rings. The van der Waals surface area contributed by atoms with Crippen LogP contribution in [-0.2, 0) is 9.59 Å². The summed E-state index contributed by atoms with van der Waals surface area (Å²) in [4.78, 5) is 41.1. The molecule has 2 aromatic rings. The van der Waals surface area contributed by atoms with Gasteiger partial charge in [0.05, 0.1) is 10.4 Å². The maximum atomic E-state index is 12.9. The summed E-state index contributed by atoms with van der Waals surface area (Å²) < 4.78 is 0. The highest BCUT2D eigenvalue weighted by molar-refractivity contribution is 8.18. The van der Waals surface area contributed by atoms with Gasteiger partial charge in [0.25, 0.3) is 11.1 Å². The number of fused-ring (bicyclic) bond motifs is 1. The van der Waals surface area contributed by atoms with E-state index in [0.29, 0.717) is 21.3 Å². The number of rotatable bonds is 4. The van der Waals surface area contributed by atoms with Crippen molar-refractivity contribution in [2.24, 2.45) is 0 Å². The number of amides is 3. The van der Waals surface area contributed by atoms with Crippen molar-refractivity contribution in [2.45, 2.75) is 26.3 Å². The Bertz CT molecular complexity index is 1290. The Morgan fingerprint density at radius 2 is 1.91 bits per heavy atom. The number of likely N-dealkylation sites (N-methyl/N-ethyl adjacent to an activating group) is 1. The van der Waals surface area contributed by atoms with Gasteiger partial charge in [0.15, 0.2) is 0 Å². The van der Waals surface area contributed by atoms with Gasteiger partial charge in [0.2, 0.25) is 5.91 Å². The standard InChI is InChI=1S/C25H23Cl2N3O3S/c1-14-12-25(2,3)29(4)20-11-19(27)15(8-18(14)20)9-21-23(32)30(24(33)34-21)13-22(31)28-17-7-5-6-16(26)10-17/h5-12H,13H2,1-4H3,(H,28,31)/b21-9+. The molecule has 0 saturated carbocycles. The molecule has 1 saturated heterocycles. The van der Waals surface area contributed by atoms with Crippen LogP contribution in [0.2, 0.25) is 10.0 Å². The predicted octanol–water partition coefficient (Wildman–Crippen LogP) is 6.30. The summed E-state index contributed by atoms with van der Waals surface area (Å²) in [6.45, 7) is 5.89. The summed E-state index contributed by atoms with van der Waals surface area (Å²) in [5.74, 6) is -1.03. The fourth-order valence-electron chi connectivity index (χ4n) is 3.99. The average molecular weight is 516 g/mol. The van der Waals surface area contributed by atoms with Crippen LogP contribution in [0.1, 0.15) is 31.9 Å². The Kier molecular flexibility index (Phi) is 6.55. The van der Waals surface area contributed by atoms with E-state index in [2.05, 4.69) is 30.1 Å². The van der Waals surface area contributed by atoms with Gasteiger partial charge in [0, 0.05) is 34.0 Å². The molecule has 176 valence electrons. The van der Waals surface area contributed by atoms with E-state index in [0.717, 1.165) is 33.5 Å². The first kappa shape index (κ1) is 24.4. The topological polar surface area (TPSA) is 69.7 Å². The van der Waals surface area contributed by atoms with Crippen LogP contribution in [0.5, 0.6) is 0 Å². The van der Waals surface area contributed by atoms with Crippen LogP contribution in [-0.4, -0.2) is 41.1 Å². The van der Waals surface area contributed by atoms with Crippen molar-refractivity contribution < 1.29 is 14.4 Å². The molecule has 2 aliphatic heterocycles. The van der Waals surface area contributed by atoms with E-state index in [1.54, 1.807) is 30.3 Å². The number of carbonyl (C=O) groups excluding carboxylic acids is 3. The largest absolute Gasteiger partial charge is 0.365 e. The number of nitrogens with one attached hydrogen (secondary N) is 1. The van der Waals surface area contributed by atoms with E-state index in [1.807, 2.05) is 26.1 Å². The lowest BCUT2D eigenvalue weighted by Crippen LogP contribution is -2.42. The summed E-state index contributed by atoms with van der Waals surface area (Å²) in [5, 5.41) is 3.07. The molecular formula is C25H23Cl2N3O3S. The summed E-state index contributed by atoms with van der Waals surface area (Å²) in [6.07, 6.45) is 3.79. The lowest BCUT2D eigenvalue weighted by atomic mass is 9.88. The van der Waals surface area contributed by atoms with Crippen LogP contribution in [0, 0.1) is 0 Å². The molecule has 6 nitrogen and oxygen atoms in total. The van der Waals surface area contributed by atoms with Gasteiger partial charge in [-0.05, 0) is 80.1 Å². The zero-order valence-electron chi connectivity index (χ0n) is 19.1. The Morgan fingerprint density at radius 1 is 1.18 bits per heavy atom. The van der Waals surface area contributed by atoms with Crippen molar-refractivity contribution in [1.29, 1.82) is 0 Å². The van der Waals surface area contributed by atoms with Crippen molar-refractivity contribution in [2.75, 3.05) is 23.8 Å². The molecule has 3 amide bonds. The molecule has 0 spiro atoms. The normalized spacial score (nSPS) is 18.3. The third kappa shape index (κ3) is 4.73. The Balaban J connectivity index is 1.56. The van der Waals surface area contributed by atoms with Crippen molar-refractivity contribution in [3.05, 3.63) is 68.6 Å². The summed E-state index contributed by atoms with van der Waals surface area (Å²) in [5.41, 5.74) is 4.08. The number of carbonyl (C=O) groups is 3. The van der Waals surface area contributed by atoms with Crippen LogP contribution in [0.4, 0.5) is 16.2 Å². The zero-order chi connectivity index (χ0) is 24.8. The second-order valence-corrected chi connectivity index (χ2v) is 10.6. The lowest BCUT2D eigenvalue weighted by molar-refractivity contribution is -0.127. The van der Waals surface area contributed by atoms with Crippen molar-refractivity contribution >= 4 is 75.0 Å². The molecule has 0 radical (unpaired) electrons. The van der Waals surface area contributed by atoms with Gasteiger partial charge in [0.1, 0.15) is 6.54 Å². The van der Waals surface area contributed by atoms with Crippen LogP contribution in [0.3, 0.4) is 0 Å². The minimum absolute atomic E-state index is 0.157. The van der Waals surface area contributed by atoms with Crippen LogP contribution >= 0.6 is 35.0 Å². The van der Waals surface area contributed by atoms with Gasteiger partial charge in [-0.3, -0.25) is 19.3 Å². The first-order chi connectivity index (χ1) is 16.0. The van der Waals surface area contributed by atoms with E-state index in [1.165, 1.54) is 0 Å². The first-order valence-corrected chi connectivity index (χ1v) is 12.1. The number of imide groups is 1. The first-order valence-electron chi connectivity index (χ1n) is 10.5. The van der Waals surface area contributed by atoms with Gasteiger partial charge in [-0.25, -0.2) is 0 Å². The van der Waals surface area contributed by atoms with Gasteiger partial charge in [-0.15, -0.1) is 0 Å². The minimum atomic E-state index is -0.532. The number of thioether (sulfide) groups is 1. The number of allylic oxidation sites excluding steroid dienone is 1. The smallest absolute Gasteiger partial charge is 0.294 e. The van der Waals surface area contributed by atoms with Crippen molar-refractivity contribution in [3.8, 4) is 0 Å². The molecule has 0 atom stereocenters. The fourth-order valence-corrected chi connectivity index (χ4v) is 5.22. The molecule has 0 aromatic heterocycles. The molecule has 4 rings (SSSR count). The number of nitrogens with zero attached hydrogens (tertiary/aromatic N) is 2. The SMILES string of the molecule is CC1=CC(C)(C)N(C)c2cc(Cl)c(/C=C3/SC(=O)N(CC(=O)Nc4cccc(Cl)c4)C3=O)cc21. The molecule has 1 N–H and O–H groups in total. The third-order valence-electron chi connectivity index (χ3n) is 5.91. The lowest BCUT2D eigenvalue weighted by Gasteiger charge is -2.40. The quantitative estimate of drug-likeness (QED) is 0.483. The highest BCUT2D eigenvalue weighted by Gasteiger charge is 2.37. The summed E-state index contributed by atoms with van der Waals surface area (Å²) in [6, 6.07) is 10.4. The molecule has 9 heteroatoms. The van der Waals surface area contributed by atoms with Crippen molar-refractivity contribution in [3.63, 3.8) is 0 Å². The number of hydrogen-bond acceptors (Lipinski definition) is 5. The van der Waals surface area contributed by atoms with Crippen LogP contribution in [0.25, 0.3) is 11.6 Å². The maximum Gasteiger partial charge on any atom is 0.294 e. The monoisotopic (exact) mass is 515 g/mol. The van der Waals surface area contributed by atoms with Gasteiger partial charge in [-0.2, -0.15) is 0 Å².